The van der Waals surface area contributed by atoms with Crippen molar-refractivity contribution in [2.75, 3.05) is 13.7 Å². The van der Waals surface area contributed by atoms with Crippen molar-refractivity contribution < 1.29 is 41.8 Å². The fourth-order valence-electron chi connectivity index (χ4n) is 2.14. The van der Waals surface area contributed by atoms with E-state index < -0.39 is 0 Å². The molecular formula is C17H16BrFNOY-. The summed E-state index contributed by atoms with van der Waals surface area (Å²) in [5.74, 6) is 0.925. The molecule has 1 aliphatic carbocycles. The molecule has 1 aliphatic heterocycles. The van der Waals surface area contributed by atoms with Gasteiger partial charge in [-0.3, -0.25) is 0 Å². The molecule has 0 atom stereocenters. The fourth-order valence-corrected chi connectivity index (χ4v) is 2.52. The number of ether oxygens (including phenoxy) is 1. The second-order valence-electron chi connectivity index (χ2n) is 5.39. The molecule has 1 fully saturated rings. The average Bonchev–Trinajstić information content (AvgIpc) is 3.28. The first-order valence-corrected chi connectivity index (χ1v) is 7.70. The third-order valence-corrected chi connectivity index (χ3v) is 4.42. The second kappa shape index (κ2) is 7.42. The summed E-state index contributed by atoms with van der Waals surface area (Å²) in [5, 5.41) is 0. The molecule has 2 nitrogen and oxygen atoms in total. The number of nitrogens with zero attached hydrogens (tertiary/aromatic N) is 1. The number of benzene rings is 1. The molecule has 1 saturated carbocycles. The van der Waals surface area contributed by atoms with Gasteiger partial charge in [0.15, 0.2) is 0 Å². The van der Waals surface area contributed by atoms with Crippen molar-refractivity contribution in [3.8, 4) is 5.75 Å². The topological polar surface area (TPSA) is 12.5 Å². The summed E-state index contributed by atoms with van der Waals surface area (Å²) < 4.78 is 20.8. The predicted molar refractivity (Wildman–Crippen MR) is 85.2 cm³/mol. The number of likely N-dealkylation sites (N-methyl/N-ethyl adjacent to an activating group) is 1. The third-order valence-electron chi connectivity index (χ3n) is 3.73. The maximum Gasteiger partial charge on any atom is 0.120 e. The van der Waals surface area contributed by atoms with Gasteiger partial charge in [0, 0.05) is 45.8 Å². The van der Waals surface area contributed by atoms with Crippen molar-refractivity contribution in [1.82, 2.24) is 4.90 Å². The van der Waals surface area contributed by atoms with E-state index in [4.69, 9.17) is 4.74 Å². The van der Waals surface area contributed by atoms with Crippen molar-refractivity contribution in [3.63, 3.8) is 0 Å². The Morgan fingerprint density at radius 2 is 2.18 bits per heavy atom. The number of halogens is 2. The zero-order valence-electron chi connectivity index (χ0n) is 12.4. The minimum Gasteiger partial charge on any atom is -0.493 e. The largest absolute Gasteiger partial charge is 0.493 e. The first-order chi connectivity index (χ1) is 10.1. The van der Waals surface area contributed by atoms with E-state index in [2.05, 4.69) is 28.6 Å². The molecule has 0 saturated heterocycles. The van der Waals surface area contributed by atoms with E-state index in [1.807, 2.05) is 11.9 Å². The van der Waals surface area contributed by atoms with Crippen LogP contribution in [0.1, 0.15) is 18.4 Å². The van der Waals surface area contributed by atoms with Crippen LogP contribution in [-0.4, -0.2) is 18.6 Å². The van der Waals surface area contributed by atoms with Gasteiger partial charge < -0.3 is 9.64 Å². The number of allylic oxidation sites excluding steroid dienone is 3. The monoisotopic (exact) mass is 437 g/mol. The van der Waals surface area contributed by atoms with Gasteiger partial charge in [0.05, 0.1) is 12.4 Å². The van der Waals surface area contributed by atoms with Crippen molar-refractivity contribution in [3.05, 3.63) is 58.5 Å². The van der Waals surface area contributed by atoms with Crippen LogP contribution in [0.25, 0.3) is 5.70 Å². The van der Waals surface area contributed by atoms with Gasteiger partial charge in [-0.25, -0.2) is 4.39 Å². The Morgan fingerprint density at radius 1 is 1.45 bits per heavy atom. The molecule has 1 heterocycles. The van der Waals surface area contributed by atoms with Gasteiger partial charge in [-0.2, -0.15) is 12.2 Å². The van der Waals surface area contributed by atoms with Gasteiger partial charge in [0.2, 0.25) is 0 Å². The summed E-state index contributed by atoms with van der Waals surface area (Å²) in [7, 11) is 1.84. The van der Waals surface area contributed by atoms with Crippen molar-refractivity contribution >= 4 is 21.6 Å². The first kappa shape index (κ1) is 17.9. The minimum atomic E-state index is -0.308. The number of hydrogen-bond acceptors (Lipinski definition) is 2. The molecule has 0 amide bonds. The molecule has 22 heavy (non-hydrogen) atoms. The molecule has 1 aromatic carbocycles. The maximum absolute atomic E-state index is 14.3. The molecule has 0 unspecified atom stereocenters. The van der Waals surface area contributed by atoms with E-state index in [0.29, 0.717) is 29.5 Å². The Hall–Kier alpha value is -0.446. The van der Waals surface area contributed by atoms with E-state index in [9.17, 15) is 4.39 Å². The van der Waals surface area contributed by atoms with Crippen LogP contribution in [0, 0.1) is 17.8 Å². The summed E-state index contributed by atoms with van der Waals surface area (Å²) in [6, 6.07) is 4.98. The zero-order valence-corrected chi connectivity index (χ0v) is 16.8. The Balaban J connectivity index is 0.00000176. The number of hydrogen-bond donors (Lipinski definition) is 0. The number of rotatable bonds is 4. The Labute approximate surface area is 164 Å². The Kier molecular flexibility index (Phi) is 6.03. The summed E-state index contributed by atoms with van der Waals surface area (Å²) in [6.45, 7) is 4.64. The maximum atomic E-state index is 14.3. The smallest absolute Gasteiger partial charge is 0.120 e. The van der Waals surface area contributed by atoms with Gasteiger partial charge in [-0.1, -0.05) is 22.3 Å². The summed E-state index contributed by atoms with van der Waals surface area (Å²) in [6.07, 6.45) is 7.27. The van der Waals surface area contributed by atoms with Crippen LogP contribution >= 0.6 is 15.9 Å². The minimum absolute atomic E-state index is 0. The van der Waals surface area contributed by atoms with Gasteiger partial charge in [-0.15, -0.1) is 22.0 Å². The van der Waals surface area contributed by atoms with Gasteiger partial charge >= 0.3 is 0 Å². The van der Waals surface area contributed by atoms with E-state index >= 15 is 0 Å². The molecule has 0 bridgehead atoms. The third kappa shape index (κ3) is 3.90. The molecular weight excluding hydrogens is 422 g/mol. The molecule has 3 rings (SSSR count). The molecule has 0 aromatic heterocycles. The van der Waals surface area contributed by atoms with Crippen LogP contribution in [0.4, 0.5) is 4.39 Å². The molecule has 5 heteroatoms. The molecule has 2 aliphatic rings. The van der Waals surface area contributed by atoms with Gasteiger partial charge in [0.1, 0.15) is 5.75 Å². The van der Waals surface area contributed by atoms with E-state index in [1.165, 1.54) is 18.9 Å². The van der Waals surface area contributed by atoms with Crippen LogP contribution in [0.3, 0.4) is 0 Å². The van der Waals surface area contributed by atoms with Crippen molar-refractivity contribution in [1.29, 1.82) is 0 Å². The van der Waals surface area contributed by atoms with Crippen LogP contribution < -0.4 is 4.74 Å². The molecule has 0 N–H and O–H groups in total. The SMILES string of the molecule is C=C1C(Br)=C[C-]=C(c2ccc(OCC3CC3)cc2F)N1C.[Y]. The normalized spacial score (nSPS) is 17.6. The summed E-state index contributed by atoms with van der Waals surface area (Å²) in [4.78, 5) is 1.81. The second-order valence-corrected chi connectivity index (χ2v) is 6.24. The Bertz CT molecular complexity index is 652. The molecule has 1 radical (unpaired) electrons. The summed E-state index contributed by atoms with van der Waals surface area (Å²) >= 11 is 3.39. The first-order valence-electron chi connectivity index (χ1n) is 6.91. The molecule has 1 aromatic rings. The van der Waals surface area contributed by atoms with E-state index in [1.54, 1.807) is 18.2 Å². The van der Waals surface area contributed by atoms with Crippen LogP contribution in [-0.2, 0) is 32.7 Å². The standard InChI is InChI=1S/C17H16BrFNO.Y/c1-11-15(18)7-8-17(20(11)2)14-6-5-13(9-16(14)19)21-10-12-3-4-12;/h5-7,9,12H,1,3-4,10H2,2H3;/q-1;. The van der Waals surface area contributed by atoms with Gasteiger partial charge in [-0.05, 0) is 30.5 Å². The van der Waals surface area contributed by atoms with Crippen LogP contribution in [0.15, 0.2) is 41.0 Å². The van der Waals surface area contributed by atoms with Crippen molar-refractivity contribution in [2.24, 2.45) is 5.92 Å². The molecule has 0 spiro atoms. The fraction of sp³-hybridized carbons (Fsp3) is 0.294. The average molecular weight is 438 g/mol. The van der Waals surface area contributed by atoms with Gasteiger partial charge in [0.25, 0.3) is 0 Å². The zero-order chi connectivity index (χ0) is 15.0. The van der Waals surface area contributed by atoms with Crippen LogP contribution in [0.5, 0.6) is 5.75 Å². The Morgan fingerprint density at radius 3 is 2.82 bits per heavy atom. The predicted octanol–water partition coefficient (Wildman–Crippen LogP) is 4.49. The van der Waals surface area contributed by atoms with Crippen LogP contribution in [0.2, 0.25) is 0 Å². The quantitative estimate of drug-likeness (QED) is 0.643. The van der Waals surface area contributed by atoms with E-state index in [0.717, 1.165) is 10.2 Å². The summed E-state index contributed by atoms with van der Waals surface area (Å²) in [5.41, 5.74) is 1.93. The van der Waals surface area contributed by atoms with Crippen molar-refractivity contribution in [2.45, 2.75) is 12.8 Å². The van der Waals surface area contributed by atoms with E-state index in [-0.39, 0.29) is 38.5 Å². The molecule has 113 valence electrons.